The summed E-state index contributed by atoms with van der Waals surface area (Å²) in [7, 11) is 0. The Hall–Kier alpha value is -2.56. The third-order valence-corrected chi connectivity index (χ3v) is 1.26. The van der Waals surface area contributed by atoms with E-state index >= 15 is 0 Å². The maximum absolute atomic E-state index is 8.59. The van der Waals surface area contributed by atoms with Crippen molar-refractivity contribution in [2.24, 2.45) is 0 Å². The number of nitrogens with zero attached hydrogens (tertiary/aromatic N) is 4. The average molecular weight is 168 g/mol. The summed E-state index contributed by atoms with van der Waals surface area (Å²) in [6.45, 7) is 1.56. The maximum Gasteiger partial charge on any atom is 0.148 e. The van der Waals surface area contributed by atoms with Crippen molar-refractivity contribution in [2.75, 3.05) is 0 Å². The van der Waals surface area contributed by atoms with Crippen LogP contribution < -0.4 is 0 Å². The second-order valence-corrected chi connectivity index (χ2v) is 1.90. The lowest BCUT2D eigenvalue weighted by atomic mass is 10.0. The van der Waals surface area contributed by atoms with Gasteiger partial charge in [0.15, 0.2) is 0 Å². The van der Waals surface area contributed by atoms with Crippen molar-refractivity contribution >= 4 is 0 Å². The Morgan fingerprint density at radius 1 is 0.923 bits per heavy atom. The zero-order valence-corrected chi connectivity index (χ0v) is 6.87. The summed E-state index contributed by atoms with van der Waals surface area (Å²) in [5.41, 5.74) is -0.465. The highest BCUT2D eigenvalue weighted by molar-refractivity contribution is 5.59. The Morgan fingerprint density at radius 3 is 1.69 bits per heavy atom. The first-order valence-electron chi connectivity index (χ1n) is 3.26. The summed E-state index contributed by atoms with van der Waals surface area (Å²) in [5.74, 6) is 0. The van der Waals surface area contributed by atoms with E-state index in [9.17, 15) is 0 Å². The second-order valence-electron chi connectivity index (χ2n) is 1.90. The van der Waals surface area contributed by atoms with Crippen molar-refractivity contribution in [3.05, 3.63) is 22.8 Å². The predicted molar refractivity (Wildman–Crippen MR) is 43.2 cm³/mol. The first kappa shape index (κ1) is 10.4. The molecule has 0 heterocycles. The highest BCUT2D eigenvalue weighted by atomic mass is 14.3. The third kappa shape index (κ3) is 2.19. The molecule has 0 rings (SSSR count). The number of hydrogen-bond acceptors (Lipinski definition) is 4. The lowest BCUT2D eigenvalue weighted by Crippen LogP contribution is -1.88. The summed E-state index contributed by atoms with van der Waals surface area (Å²) in [6, 6.07) is 6.49. The van der Waals surface area contributed by atoms with Gasteiger partial charge in [0, 0.05) is 0 Å². The van der Waals surface area contributed by atoms with Crippen LogP contribution in [0.15, 0.2) is 22.8 Å². The Labute approximate surface area is 75.8 Å². The molecule has 4 heteroatoms. The van der Waals surface area contributed by atoms with E-state index in [2.05, 4.69) is 0 Å². The number of nitriles is 4. The molecule has 0 saturated carbocycles. The van der Waals surface area contributed by atoms with Gasteiger partial charge in [-0.05, 0) is 6.92 Å². The van der Waals surface area contributed by atoms with Crippen LogP contribution >= 0.6 is 0 Å². The molecular formula is C9H4N4. The molecule has 0 unspecified atom stereocenters. The van der Waals surface area contributed by atoms with Crippen molar-refractivity contribution < 1.29 is 0 Å². The van der Waals surface area contributed by atoms with Gasteiger partial charge >= 0.3 is 0 Å². The summed E-state index contributed by atoms with van der Waals surface area (Å²) in [6.07, 6.45) is 1.38. The molecule has 0 aromatic carbocycles. The van der Waals surface area contributed by atoms with Crippen molar-refractivity contribution in [2.45, 2.75) is 6.92 Å². The molecule has 0 bridgehead atoms. The van der Waals surface area contributed by atoms with Gasteiger partial charge in [0.1, 0.15) is 29.8 Å². The van der Waals surface area contributed by atoms with Gasteiger partial charge < -0.3 is 0 Å². The van der Waals surface area contributed by atoms with E-state index in [0.29, 0.717) is 0 Å². The van der Waals surface area contributed by atoms with Crippen molar-refractivity contribution in [1.82, 2.24) is 0 Å². The highest BCUT2D eigenvalue weighted by Gasteiger charge is 2.09. The molecule has 0 radical (unpaired) electrons. The normalized spacial score (nSPS) is 8.54. The molecule has 0 aromatic rings. The van der Waals surface area contributed by atoms with E-state index in [1.165, 1.54) is 6.08 Å². The van der Waals surface area contributed by atoms with E-state index in [1.54, 1.807) is 31.2 Å². The molecule has 60 valence electrons. The Kier molecular flexibility index (Phi) is 4.13. The topological polar surface area (TPSA) is 95.2 Å². The number of allylic oxidation sites excluding steroid dienone is 4. The number of hydrogen-bond donors (Lipinski definition) is 0. The quantitative estimate of drug-likeness (QED) is 0.435. The summed E-state index contributed by atoms with van der Waals surface area (Å²) in [4.78, 5) is 0. The van der Waals surface area contributed by atoms with E-state index < -0.39 is 0 Å². The van der Waals surface area contributed by atoms with Gasteiger partial charge in [-0.2, -0.15) is 21.0 Å². The molecule has 0 aliphatic rings. The molecule has 0 spiro atoms. The van der Waals surface area contributed by atoms with Crippen LogP contribution in [0.1, 0.15) is 6.92 Å². The molecule has 0 N–H and O–H groups in total. The molecule has 0 atom stereocenters. The second kappa shape index (κ2) is 5.14. The fourth-order valence-corrected chi connectivity index (χ4v) is 0.652. The lowest BCUT2D eigenvalue weighted by molar-refractivity contribution is 1.38. The van der Waals surface area contributed by atoms with Gasteiger partial charge in [-0.3, -0.25) is 0 Å². The monoisotopic (exact) mass is 168 g/mol. The van der Waals surface area contributed by atoms with Crippen LogP contribution in [0.2, 0.25) is 0 Å². The van der Waals surface area contributed by atoms with Crippen molar-refractivity contribution in [3.63, 3.8) is 0 Å². The molecule has 0 aliphatic carbocycles. The average Bonchev–Trinajstić information content (AvgIpc) is 2.18. The highest BCUT2D eigenvalue weighted by Crippen LogP contribution is 2.12. The first-order chi connectivity index (χ1) is 6.24. The Morgan fingerprint density at radius 2 is 1.46 bits per heavy atom. The lowest BCUT2D eigenvalue weighted by Gasteiger charge is -1.91. The van der Waals surface area contributed by atoms with Crippen LogP contribution in [0.5, 0.6) is 0 Å². The van der Waals surface area contributed by atoms with E-state index in [1.807, 2.05) is 0 Å². The molecule has 4 nitrogen and oxygen atoms in total. The molecule has 0 aromatic heterocycles. The standard InChI is InChI=1S/C9H4N4/c1-2-7(3-10)9(6-13)8(4-11)5-12/h2H,1H3. The van der Waals surface area contributed by atoms with E-state index in [-0.39, 0.29) is 16.7 Å². The Balaban J connectivity index is 5.60. The van der Waals surface area contributed by atoms with Crippen LogP contribution in [-0.4, -0.2) is 0 Å². The minimum atomic E-state index is -0.336. The van der Waals surface area contributed by atoms with Gasteiger partial charge in [0.2, 0.25) is 0 Å². The fraction of sp³-hybridized carbons (Fsp3) is 0.111. The fourth-order valence-electron chi connectivity index (χ4n) is 0.652. The molecular weight excluding hydrogens is 164 g/mol. The molecule has 0 aliphatic heterocycles. The van der Waals surface area contributed by atoms with Crippen LogP contribution in [0.3, 0.4) is 0 Å². The van der Waals surface area contributed by atoms with Crippen LogP contribution in [0, 0.1) is 45.3 Å². The minimum absolute atomic E-state index is 0.0422. The van der Waals surface area contributed by atoms with Gasteiger partial charge in [0.25, 0.3) is 0 Å². The third-order valence-electron chi connectivity index (χ3n) is 1.26. The van der Waals surface area contributed by atoms with Gasteiger partial charge in [-0.1, -0.05) is 6.08 Å². The molecule has 0 fully saturated rings. The predicted octanol–water partition coefficient (Wildman–Crippen LogP) is 1.32. The van der Waals surface area contributed by atoms with Crippen LogP contribution in [-0.2, 0) is 0 Å². The smallest absolute Gasteiger partial charge is 0.148 e. The van der Waals surface area contributed by atoms with Gasteiger partial charge in [-0.25, -0.2) is 0 Å². The Bertz CT molecular complexity index is 410. The first-order valence-corrected chi connectivity index (χ1v) is 3.26. The molecule has 13 heavy (non-hydrogen) atoms. The summed E-state index contributed by atoms with van der Waals surface area (Å²) >= 11 is 0. The van der Waals surface area contributed by atoms with E-state index in [0.717, 1.165) is 0 Å². The summed E-state index contributed by atoms with van der Waals surface area (Å²) in [5, 5.41) is 34.0. The van der Waals surface area contributed by atoms with Gasteiger partial charge in [0.05, 0.1) is 11.1 Å². The van der Waals surface area contributed by atoms with Gasteiger partial charge in [-0.15, -0.1) is 0 Å². The van der Waals surface area contributed by atoms with Crippen LogP contribution in [0.25, 0.3) is 0 Å². The molecule has 0 saturated heterocycles. The zero-order valence-electron chi connectivity index (χ0n) is 6.87. The van der Waals surface area contributed by atoms with E-state index in [4.69, 9.17) is 21.0 Å². The summed E-state index contributed by atoms with van der Waals surface area (Å²) < 4.78 is 0. The zero-order chi connectivity index (χ0) is 10.3. The minimum Gasteiger partial charge on any atom is -0.192 e. The SMILES string of the molecule is CC=C(C#N)C(C#N)=C(C#N)C#N. The van der Waals surface area contributed by atoms with Crippen molar-refractivity contribution in [1.29, 1.82) is 21.0 Å². The van der Waals surface area contributed by atoms with Crippen LogP contribution in [0.4, 0.5) is 0 Å². The largest absolute Gasteiger partial charge is 0.192 e. The van der Waals surface area contributed by atoms with Crippen molar-refractivity contribution in [3.8, 4) is 24.3 Å². The number of rotatable bonds is 1. The maximum atomic E-state index is 8.59. The molecule has 0 amide bonds.